The monoisotopic (exact) mass is 542 g/mol. The Bertz CT molecular complexity index is 1100. The number of hydroxylamine groups is 1. The summed E-state index contributed by atoms with van der Waals surface area (Å²) < 4.78 is 22.2. The van der Waals surface area contributed by atoms with E-state index in [1.165, 1.54) is 19.9 Å². The SMILES string of the molecule is C[C@H](CONC(=O)c1c(Nc2ccc(I)cc2F)n(C)c2ncccc12)OC(C)(C)O. The Kier molecular flexibility index (Phi) is 7.14. The Hall–Kier alpha value is -2.28. The zero-order valence-electron chi connectivity index (χ0n) is 17.6. The second-order valence-corrected chi connectivity index (χ2v) is 8.77. The third-order valence-corrected chi connectivity index (χ3v) is 5.00. The molecule has 31 heavy (non-hydrogen) atoms. The number of anilines is 2. The maximum Gasteiger partial charge on any atom is 0.279 e. The van der Waals surface area contributed by atoms with Crippen LogP contribution in [0.15, 0.2) is 36.5 Å². The van der Waals surface area contributed by atoms with E-state index in [0.29, 0.717) is 16.9 Å². The fourth-order valence-electron chi connectivity index (χ4n) is 3.16. The first-order valence-electron chi connectivity index (χ1n) is 9.54. The van der Waals surface area contributed by atoms with Crippen LogP contribution in [0.1, 0.15) is 31.1 Å². The van der Waals surface area contributed by atoms with E-state index in [9.17, 15) is 14.3 Å². The van der Waals surface area contributed by atoms with Gasteiger partial charge in [0, 0.05) is 22.2 Å². The number of aliphatic hydroxyl groups is 1. The molecule has 2 heterocycles. The summed E-state index contributed by atoms with van der Waals surface area (Å²) in [6, 6.07) is 8.24. The Morgan fingerprint density at radius 2 is 2.13 bits per heavy atom. The molecular formula is C21H24FIN4O4. The highest BCUT2D eigenvalue weighted by Gasteiger charge is 2.24. The number of carbonyl (C=O) groups is 1. The van der Waals surface area contributed by atoms with E-state index in [1.807, 2.05) is 22.6 Å². The summed E-state index contributed by atoms with van der Waals surface area (Å²) in [4.78, 5) is 22.6. The van der Waals surface area contributed by atoms with Crippen LogP contribution < -0.4 is 10.8 Å². The maximum atomic E-state index is 14.4. The lowest BCUT2D eigenvalue weighted by atomic mass is 10.2. The van der Waals surface area contributed by atoms with Gasteiger partial charge in [-0.05, 0) is 73.7 Å². The number of hydrogen-bond donors (Lipinski definition) is 3. The van der Waals surface area contributed by atoms with Gasteiger partial charge < -0.3 is 19.7 Å². The van der Waals surface area contributed by atoms with Gasteiger partial charge in [-0.15, -0.1) is 0 Å². The van der Waals surface area contributed by atoms with Crippen LogP contribution in [0.25, 0.3) is 11.0 Å². The minimum absolute atomic E-state index is 0.0211. The number of nitrogens with one attached hydrogen (secondary N) is 2. The second-order valence-electron chi connectivity index (χ2n) is 7.52. The van der Waals surface area contributed by atoms with Gasteiger partial charge in [0.25, 0.3) is 5.91 Å². The molecule has 8 nitrogen and oxygen atoms in total. The third kappa shape index (κ3) is 5.70. The van der Waals surface area contributed by atoms with E-state index in [1.54, 1.807) is 49.0 Å². The van der Waals surface area contributed by atoms with Crippen molar-refractivity contribution in [2.75, 3.05) is 11.9 Å². The number of ether oxygens (including phenoxy) is 1. The highest BCUT2D eigenvalue weighted by atomic mass is 127. The van der Waals surface area contributed by atoms with Gasteiger partial charge in [-0.25, -0.2) is 14.9 Å². The standard InChI is InChI=1S/C21H24FIN4O4/c1-12(31-21(2,3)29)11-30-26-20(28)17-14-6-5-9-24-18(14)27(4)19(17)25-16-8-7-13(23)10-15(16)22/h5-10,12,25,29H,11H2,1-4H3,(H,26,28)/t12-/m1/s1. The van der Waals surface area contributed by atoms with Crippen molar-refractivity contribution in [1.82, 2.24) is 15.0 Å². The molecule has 1 atom stereocenters. The van der Waals surface area contributed by atoms with Crippen LogP contribution in [0.4, 0.5) is 15.9 Å². The second kappa shape index (κ2) is 9.47. The molecule has 0 bridgehead atoms. The highest BCUT2D eigenvalue weighted by Crippen LogP contribution is 2.31. The molecule has 0 unspecified atom stereocenters. The topological polar surface area (TPSA) is 97.6 Å². The fourth-order valence-corrected chi connectivity index (χ4v) is 3.61. The van der Waals surface area contributed by atoms with Crippen molar-refractivity contribution in [2.45, 2.75) is 32.7 Å². The fraction of sp³-hybridized carbons (Fsp3) is 0.333. The lowest BCUT2D eigenvalue weighted by molar-refractivity contribution is -0.213. The number of aromatic nitrogens is 2. The summed E-state index contributed by atoms with van der Waals surface area (Å²) >= 11 is 2.03. The van der Waals surface area contributed by atoms with Crippen LogP contribution in [0.2, 0.25) is 0 Å². The molecular weight excluding hydrogens is 518 g/mol. The molecule has 3 N–H and O–H groups in total. The van der Waals surface area contributed by atoms with Gasteiger partial charge in [-0.3, -0.25) is 9.63 Å². The van der Waals surface area contributed by atoms with Crippen LogP contribution in [-0.2, 0) is 16.6 Å². The van der Waals surface area contributed by atoms with Crippen molar-refractivity contribution < 1.29 is 23.9 Å². The van der Waals surface area contributed by atoms with Crippen LogP contribution in [0.3, 0.4) is 0 Å². The Labute approximate surface area is 192 Å². The summed E-state index contributed by atoms with van der Waals surface area (Å²) in [5.41, 5.74) is 3.44. The van der Waals surface area contributed by atoms with Gasteiger partial charge >= 0.3 is 0 Å². The highest BCUT2D eigenvalue weighted by molar-refractivity contribution is 14.1. The molecule has 0 fully saturated rings. The number of fused-ring (bicyclic) bond motifs is 1. The van der Waals surface area contributed by atoms with Gasteiger partial charge in [0.05, 0.1) is 17.4 Å². The molecule has 0 aliphatic rings. The largest absolute Gasteiger partial charge is 0.366 e. The van der Waals surface area contributed by atoms with E-state index >= 15 is 0 Å². The normalized spacial score (nSPS) is 12.7. The number of benzene rings is 1. The summed E-state index contributed by atoms with van der Waals surface area (Å²) in [5, 5.41) is 13.3. The van der Waals surface area contributed by atoms with Gasteiger partial charge in [0.2, 0.25) is 0 Å². The molecule has 0 saturated carbocycles. The van der Waals surface area contributed by atoms with Crippen molar-refractivity contribution in [2.24, 2.45) is 7.05 Å². The molecule has 10 heteroatoms. The molecule has 3 aromatic rings. The molecule has 0 spiro atoms. The van der Waals surface area contributed by atoms with Crippen molar-refractivity contribution in [3.63, 3.8) is 0 Å². The number of carbonyl (C=O) groups excluding carboxylic acids is 1. The number of nitrogens with zero attached hydrogens (tertiary/aromatic N) is 2. The van der Waals surface area contributed by atoms with Gasteiger partial charge in [0.15, 0.2) is 5.79 Å². The molecule has 1 amide bonds. The summed E-state index contributed by atoms with van der Waals surface area (Å²) in [5.74, 6) is -1.91. The number of halogens is 2. The lowest BCUT2D eigenvalue weighted by Crippen LogP contribution is -2.34. The third-order valence-electron chi connectivity index (χ3n) is 4.33. The molecule has 2 aromatic heterocycles. The zero-order chi connectivity index (χ0) is 22.8. The number of aryl methyl sites for hydroxylation is 1. The lowest BCUT2D eigenvalue weighted by Gasteiger charge is -2.23. The predicted octanol–water partition coefficient (Wildman–Crippen LogP) is 3.86. The number of hydrogen-bond acceptors (Lipinski definition) is 6. The minimum atomic E-state index is -1.32. The molecule has 1 aromatic carbocycles. The number of amides is 1. The van der Waals surface area contributed by atoms with Gasteiger partial charge in [-0.2, -0.15) is 0 Å². The summed E-state index contributed by atoms with van der Waals surface area (Å²) in [6.45, 7) is 4.74. The number of pyridine rings is 1. The van der Waals surface area contributed by atoms with Crippen LogP contribution in [0, 0.1) is 9.39 Å². The molecule has 0 aliphatic carbocycles. The molecule has 0 saturated heterocycles. The van der Waals surface area contributed by atoms with E-state index in [2.05, 4.69) is 15.8 Å². The van der Waals surface area contributed by atoms with Crippen LogP contribution in [-0.4, -0.2) is 39.1 Å². The van der Waals surface area contributed by atoms with E-state index in [0.717, 1.165) is 3.57 Å². The quantitative estimate of drug-likeness (QED) is 0.227. The molecule has 0 aliphatic heterocycles. The minimum Gasteiger partial charge on any atom is -0.366 e. The van der Waals surface area contributed by atoms with Crippen LogP contribution in [0.5, 0.6) is 0 Å². The molecule has 3 rings (SSSR count). The predicted molar refractivity (Wildman–Crippen MR) is 123 cm³/mol. The first-order chi connectivity index (χ1) is 14.6. The smallest absolute Gasteiger partial charge is 0.279 e. The van der Waals surface area contributed by atoms with E-state index < -0.39 is 23.6 Å². The van der Waals surface area contributed by atoms with Gasteiger partial charge in [-0.1, -0.05) is 0 Å². The Balaban J connectivity index is 1.86. The molecule has 166 valence electrons. The molecule has 0 radical (unpaired) electrons. The first kappa shape index (κ1) is 23.4. The maximum absolute atomic E-state index is 14.4. The Morgan fingerprint density at radius 1 is 1.39 bits per heavy atom. The average molecular weight is 542 g/mol. The van der Waals surface area contributed by atoms with E-state index in [4.69, 9.17) is 9.57 Å². The summed E-state index contributed by atoms with van der Waals surface area (Å²) in [7, 11) is 1.74. The zero-order valence-corrected chi connectivity index (χ0v) is 19.7. The van der Waals surface area contributed by atoms with Crippen LogP contribution >= 0.6 is 22.6 Å². The Morgan fingerprint density at radius 3 is 2.81 bits per heavy atom. The summed E-state index contributed by atoms with van der Waals surface area (Å²) in [6.07, 6.45) is 1.15. The average Bonchev–Trinajstić information content (AvgIpc) is 2.95. The first-order valence-corrected chi connectivity index (χ1v) is 10.6. The van der Waals surface area contributed by atoms with Crippen molar-refractivity contribution >= 4 is 51.0 Å². The van der Waals surface area contributed by atoms with Gasteiger partial charge in [0.1, 0.15) is 23.9 Å². The van der Waals surface area contributed by atoms with Crippen molar-refractivity contribution in [1.29, 1.82) is 0 Å². The van der Waals surface area contributed by atoms with E-state index in [-0.39, 0.29) is 17.9 Å². The van der Waals surface area contributed by atoms with Crippen molar-refractivity contribution in [3.05, 3.63) is 51.5 Å². The van der Waals surface area contributed by atoms with Crippen molar-refractivity contribution in [3.8, 4) is 0 Å². The number of rotatable bonds is 8.